The van der Waals surface area contributed by atoms with Gasteiger partial charge in [-0.15, -0.1) is 11.3 Å². The molecule has 4 nitrogen and oxygen atoms in total. The van der Waals surface area contributed by atoms with Gasteiger partial charge in [0.25, 0.3) is 0 Å². The first-order valence-electron chi connectivity index (χ1n) is 5.12. The largest absolute Gasteiger partial charge is 0.422 e. The van der Waals surface area contributed by atoms with Crippen LogP contribution in [0.5, 0.6) is 5.75 Å². The maximum Gasteiger partial charge on any atom is 0.343 e. The normalized spacial score (nSPS) is 10.5. The fourth-order valence-electron chi connectivity index (χ4n) is 1.39. The smallest absolute Gasteiger partial charge is 0.343 e. The van der Waals surface area contributed by atoms with E-state index in [0.717, 1.165) is 0 Å². The molecule has 0 fully saturated rings. The highest BCUT2D eigenvalue weighted by Gasteiger charge is 2.12. The van der Waals surface area contributed by atoms with Crippen LogP contribution in [0.2, 0.25) is 0 Å². The van der Waals surface area contributed by atoms with Crippen molar-refractivity contribution in [3.8, 4) is 5.75 Å². The number of carbonyl (C=O) groups excluding carboxylic acids is 1. The molecule has 0 spiro atoms. The summed E-state index contributed by atoms with van der Waals surface area (Å²) in [6.07, 6.45) is 0. The third-order valence-electron chi connectivity index (χ3n) is 2.19. The van der Waals surface area contributed by atoms with E-state index in [1.807, 2.05) is 0 Å². The maximum absolute atomic E-state index is 11.8. The van der Waals surface area contributed by atoms with Crippen LogP contribution >= 0.6 is 11.3 Å². The summed E-state index contributed by atoms with van der Waals surface area (Å²) in [4.78, 5) is 12.3. The number of thiol groups is 1. The summed E-state index contributed by atoms with van der Waals surface area (Å²) in [7, 11) is -2.53. The molecule has 2 aromatic rings. The Morgan fingerprint density at radius 1 is 1.17 bits per heavy atom. The van der Waals surface area contributed by atoms with Gasteiger partial charge < -0.3 is 4.74 Å². The van der Waals surface area contributed by atoms with E-state index >= 15 is 0 Å². The highest BCUT2D eigenvalue weighted by molar-refractivity contribution is 7.71. The van der Waals surface area contributed by atoms with Crippen LogP contribution in [0.4, 0.5) is 0 Å². The molecule has 6 heteroatoms. The van der Waals surface area contributed by atoms with Crippen molar-refractivity contribution in [1.82, 2.24) is 0 Å². The summed E-state index contributed by atoms with van der Waals surface area (Å²) < 4.78 is 26.5. The predicted molar refractivity (Wildman–Crippen MR) is 69.7 cm³/mol. The minimum absolute atomic E-state index is 0.107. The summed E-state index contributed by atoms with van der Waals surface area (Å²) in [5.74, 6) is -0.283. The minimum atomic E-state index is -2.53. The standard InChI is InChI=1S/C12H10O4S2/c13-12(9-4-2-1-3-5-9)16-10-6-7-17-11(10)8-18(14)15/h1-7,18H,8H2. The van der Waals surface area contributed by atoms with Gasteiger partial charge in [0, 0.05) is 0 Å². The summed E-state index contributed by atoms with van der Waals surface area (Å²) >= 11 is 1.25. The Bertz CT molecular complexity index is 606. The molecule has 1 aromatic heterocycles. The lowest BCUT2D eigenvalue weighted by molar-refractivity contribution is 0.0734. The van der Waals surface area contributed by atoms with Gasteiger partial charge in [-0.25, -0.2) is 13.2 Å². The first-order chi connectivity index (χ1) is 8.66. The first kappa shape index (κ1) is 12.8. The van der Waals surface area contributed by atoms with Crippen molar-refractivity contribution >= 4 is 28.0 Å². The van der Waals surface area contributed by atoms with Crippen molar-refractivity contribution in [3.63, 3.8) is 0 Å². The van der Waals surface area contributed by atoms with Crippen LogP contribution in [-0.4, -0.2) is 14.4 Å². The molecular formula is C12H10O4S2. The second-order valence-electron chi connectivity index (χ2n) is 3.45. The molecule has 0 saturated heterocycles. The fraction of sp³-hybridized carbons (Fsp3) is 0.0833. The molecule has 0 bridgehead atoms. The van der Waals surface area contributed by atoms with Crippen molar-refractivity contribution in [3.05, 3.63) is 52.2 Å². The van der Waals surface area contributed by atoms with Crippen molar-refractivity contribution in [1.29, 1.82) is 0 Å². The van der Waals surface area contributed by atoms with E-state index in [1.54, 1.807) is 41.8 Å². The van der Waals surface area contributed by atoms with E-state index in [2.05, 4.69) is 0 Å². The molecule has 1 heterocycles. The molecule has 0 radical (unpaired) electrons. The number of benzene rings is 1. The number of hydrogen-bond acceptors (Lipinski definition) is 5. The minimum Gasteiger partial charge on any atom is -0.422 e. The lowest BCUT2D eigenvalue weighted by Gasteiger charge is -2.03. The van der Waals surface area contributed by atoms with E-state index < -0.39 is 16.7 Å². The molecule has 18 heavy (non-hydrogen) atoms. The van der Waals surface area contributed by atoms with Gasteiger partial charge >= 0.3 is 5.97 Å². The van der Waals surface area contributed by atoms with E-state index in [4.69, 9.17) is 4.74 Å². The zero-order valence-corrected chi connectivity index (χ0v) is 10.9. The van der Waals surface area contributed by atoms with Gasteiger partial charge in [0.1, 0.15) is 16.5 Å². The van der Waals surface area contributed by atoms with Gasteiger partial charge in [-0.1, -0.05) is 18.2 Å². The molecular weight excluding hydrogens is 272 g/mol. The van der Waals surface area contributed by atoms with Crippen LogP contribution in [0.3, 0.4) is 0 Å². The highest BCUT2D eigenvalue weighted by atomic mass is 32.2. The summed E-state index contributed by atoms with van der Waals surface area (Å²) in [6.45, 7) is 0. The zero-order valence-electron chi connectivity index (χ0n) is 9.24. The maximum atomic E-state index is 11.8. The molecule has 0 saturated carbocycles. The predicted octanol–water partition coefficient (Wildman–Crippen LogP) is 2.08. The van der Waals surface area contributed by atoms with Gasteiger partial charge in [-0.2, -0.15) is 0 Å². The van der Waals surface area contributed by atoms with E-state index in [0.29, 0.717) is 16.2 Å². The lowest BCUT2D eigenvalue weighted by atomic mass is 10.2. The van der Waals surface area contributed by atoms with Crippen molar-refractivity contribution in [2.24, 2.45) is 0 Å². The Kier molecular flexibility index (Phi) is 4.11. The van der Waals surface area contributed by atoms with Crippen molar-refractivity contribution in [2.45, 2.75) is 5.75 Å². The molecule has 0 amide bonds. The Morgan fingerprint density at radius 3 is 2.56 bits per heavy atom. The fourth-order valence-corrected chi connectivity index (χ4v) is 2.97. The number of hydrogen-bond donors (Lipinski definition) is 1. The monoisotopic (exact) mass is 282 g/mol. The molecule has 0 atom stereocenters. The molecule has 0 aliphatic carbocycles. The third-order valence-corrected chi connectivity index (χ3v) is 3.88. The molecule has 0 N–H and O–H groups in total. The molecule has 94 valence electrons. The number of carbonyl (C=O) groups is 1. The number of ether oxygens (including phenoxy) is 1. The Balaban J connectivity index is 2.15. The Hall–Kier alpha value is -1.66. The summed E-state index contributed by atoms with van der Waals surface area (Å²) in [5.41, 5.74) is 0.432. The van der Waals surface area contributed by atoms with Crippen LogP contribution in [0.25, 0.3) is 0 Å². The van der Waals surface area contributed by atoms with Crippen molar-refractivity contribution < 1.29 is 17.9 Å². The van der Waals surface area contributed by atoms with Gasteiger partial charge in [-0.3, -0.25) is 0 Å². The number of esters is 1. The molecule has 0 aliphatic heterocycles. The average Bonchev–Trinajstić information content (AvgIpc) is 2.77. The lowest BCUT2D eigenvalue weighted by Crippen LogP contribution is -2.08. The Labute approximate surface area is 110 Å². The van der Waals surface area contributed by atoms with Gasteiger partial charge in [0.15, 0.2) is 0 Å². The molecule has 2 rings (SSSR count). The van der Waals surface area contributed by atoms with E-state index in [1.165, 1.54) is 11.3 Å². The second kappa shape index (κ2) is 5.79. The van der Waals surface area contributed by atoms with Gasteiger partial charge in [0.05, 0.1) is 16.2 Å². The van der Waals surface area contributed by atoms with Crippen LogP contribution in [0.1, 0.15) is 15.2 Å². The van der Waals surface area contributed by atoms with Gasteiger partial charge in [-0.05, 0) is 23.6 Å². The molecule has 0 unspecified atom stereocenters. The number of rotatable bonds is 4. The quantitative estimate of drug-likeness (QED) is 0.689. The number of thiophene rings is 1. The van der Waals surface area contributed by atoms with Crippen LogP contribution in [0.15, 0.2) is 41.8 Å². The van der Waals surface area contributed by atoms with Gasteiger partial charge in [0.2, 0.25) is 0 Å². The van der Waals surface area contributed by atoms with Crippen LogP contribution in [0, 0.1) is 0 Å². The van der Waals surface area contributed by atoms with E-state index in [-0.39, 0.29) is 5.75 Å². The topological polar surface area (TPSA) is 60.4 Å². The van der Waals surface area contributed by atoms with Crippen LogP contribution < -0.4 is 4.74 Å². The first-order valence-corrected chi connectivity index (χ1v) is 7.36. The van der Waals surface area contributed by atoms with Crippen molar-refractivity contribution in [2.75, 3.05) is 0 Å². The van der Waals surface area contributed by atoms with E-state index in [9.17, 15) is 13.2 Å². The molecule has 0 aliphatic rings. The highest BCUT2D eigenvalue weighted by Crippen LogP contribution is 2.26. The zero-order chi connectivity index (χ0) is 13.0. The second-order valence-corrected chi connectivity index (χ2v) is 5.44. The Morgan fingerprint density at radius 2 is 1.89 bits per heavy atom. The summed E-state index contributed by atoms with van der Waals surface area (Å²) in [5, 5.41) is 1.70. The van der Waals surface area contributed by atoms with Crippen LogP contribution in [-0.2, 0) is 16.5 Å². The SMILES string of the molecule is O=C(Oc1ccsc1C[SH](=O)=O)c1ccccc1. The summed E-state index contributed by atoms with van der Waals surface area (Å²) in [6, 6.07) is 10.2. The third kappa shape index (κ3) is 3.18. The molecule has 1 aromatic carbocycles. The average molecular weight is 282 g/mol.